The Morgan fingerprint density at radius 3 is 3.04 bits per heavy atom. The Morgan fingerprint density at radius 2 is 2.25 bits per heavy atom. The van der Waals surface area contributed by atoms with Crippen LogP contribution in [0.25, 0.3) is 0 Å². The first-order valence-corrected chi connectivity index (χ1v) is 8.72. The van der Waals surface area contributed by atoms with Gasteiger partial charge in [-0.05, 0) is 38.3 Å². The average molecular weight is 329 g/mol. The molecule has 1 fully saturated rings. The summed E-state index contributed by atoms with van der Waals surface area (Å²) in [6.07, 6.45) is 6.83. The quantitative estimate of drug-likeness (QED) is 0.845. The zero-order valence-corrected chi connectivity index (χ0v) is 14.6. The van der Waals surface area contributed by atoms with E-state index in [9.17, 15) is 0 Å². The zero-order chi connectivity index (χ0) is 16.8. The molecule has 1 saturated heterocycles. The first-order chi connectivity index (χ1) is 11.8. The van der Waals surface area contributed by atoms with Gasteiger partial charge in [0.1, 0.15) is 18.4 Å². The van der Waals surface area contributed by atoms with Crippen molar-refractivity contribution in [3.63, 3.8) is 0 Å². The van der Waals surface area contributed by atoms with Gasteiger partial charge < -0.3 is 15.0 Å². The van der Waals surface area contributed by atoms with E-state index in [1.807, 2.05) is 16.8 Å². The van der Waals surface area contributed by atoms with Crippen molar-refractivity contribution in [1.29, 1.82) is 0 Å². The predicted molar refractivity (Wildman–Crippen MR) is 95.5 cm³/mol. The van der Waals surface area contributed by atoms with Crippen LogP contribution in [0.15, 0.2) is 36.9 Å². The van der Waals surface area contributed by atoms with Crippen molar-refractivity contribution in [2.45, 2.75) is 44.8 Å². The standard InChI is InChI=1S/C18H27N5O/c1-15(9-11-23-14-19-13-20-23)21-16-6-5-10-22(12-16)17-7-3-4-8-18(17)24-2/h3-4,7-8,13-16,21H,5-6,9-12H2,1-2H3/t15-,16-/m0/s1. The topological polar surface area (TPSA) is 55.2 Å². The molecule has 0 unspecified atom stereocenters. The molecule has 0 amide bonds. The number of aryl methyl sites for hydroxylation is 1. The molecule has 1 aliphatic rings. The number of aromatic nitrogens is 3. The maximum absolute atomic E-state index is 5.52. The van der Waals surface area contributed by atoms with Crippen LogP contribution in [0.5, 0.6) is 5.75 Å². The monoisotopic (exact) mass is 329 g/mol. The van der Waals surface area contributed by atoms with E-state index in [0.717, 1.165) is 31.8 Å². The lowest BCUT2D eigenvalue weighted by molar-refractivity contribution is 0.357. The summed E-state index contributed by atoms with van der Waals surface area (Å²) in [4.78, 5) is 6.42. The van der Waals surface area contributed by atoms with Crippen LogP contribution in [0, 0.1) is 0 Å². The summed E-state index contributed by atoms with van der Waals surface area (Å²) < 4.78 is 7.41. The second kappa shape index (κ2) is 8.15. The van der Waals surface area contributed by atoms with Gasteiger partial charge in [0.25, 0.3) is 0 Å². The van der Waals surface area contributed by atoms with E-state index in [-0.39, 0.29) is 0 Å². The minimum absolute atomic E-state index is 0.455. The number of piperidine rings is 1. The molecule has 1 aliphatic heterocycles. The highest BCUT2D eigenvalue weighted by atomic mass is 16.5. The highest BCUT2D eigenvalue weighted by molar-refractivity contribution is 5.58. The molecule has 1 aromatic heterocycles. The van der Waals surface area contributed by atoms with E-state index in [0.29, 0.717) is 12.1 Å². The van der Waals surface area contributed by atoms with Crippen LogP contribution >= 0.6 is 0 Å². The van der Waals surface area contributed by atoms with Crippen molar-refractivity contribution in [2.24, 2.45) is 0 Å². The summed E-state index contributed by atoms with van der Waals surface area (Å²) >= 11 is 0. The van der Waals surface area contributed by atoms with Crippen molar-refractivity contribution in [3.8, 4) is 5.75 Å². The van der Waals surface area contributed by atoms with Gasteiger partial charge in [0.2, 0.25) is 0 Å². The first-order valence-electron chi connectivity index (χ1n) is 8.72. The number of rotatable bonds is 7. The Kier molecular flexibility index (Phi) is 5.69. The second-order valence-electron chi connectivity index (χ2n) is 6.47. The molecule has 24 heavy (non-hydrogen) atoms. The third kappa shape index (κ3) is 4.26. The number of para-hydroxylation sites is 2. The Bertz CT molecular complexity index is 616. The van der Waals surface area contributed by atoms with Gasteiger partial charge >= 0.3 is 0 Å². The summed E-state index contributed by atoms with van der Waals surface area (Å²) in [7, 11) is 1.74. The Hall–Kier alpha value is -2.08. The second-order valence-corrected chi connectivity index (χ2v) is 6.47. The van der Waals surface area contributed by atoms with Gasteiger partial charge in [-0.1, -0.05) is 12.1 Å². The summed E-state index contributed by atoms with van der Waals surface area (Å²) in [6.45, 7) is 5.26. The highest BCUT2D eigenvalue weighted by Gasteiger charge is 2.23. The Balaban J connectivity index is 1.53. The molecule has 0 bridgehead atoms. The van der Waals surface area contributed by atoms with Crippen LogP contribution in [0.1, 0.15) is 26.2 Å². The fourth-order valence-electron chi connectivity index (χ4n) is 3.38. The minimum Gasteiger partial charge on any atom is -0.495 e. The maximum atomic E-state index is 5.52. The molecule has 1 aromatic carbocycles. The number of hydrogen-bond acceptors (Lipinski definition) is 5. The third-order valence-electron chi connectivity index (χ3n) is 4.63. The molecule has 130 valence electrons. The molecule has 0 saturated carbocycles. The number of anilines is 1. The number of hydrogen-bond donors (Lipinski definition) is 1. The maximum Gasteiger partial charge on any atom is 0.142 e. The smallest absolute Gasteiger partial charge is 0.142 e. The van der Waals surface area contributed by atoms with Gasteiger partial charge in [0.05, 0.1) is 12.8 Å². The van der Waals surface area contributed by atoms with Crippen LogP contribution in [0.3, 0.4) is 0 Å². The van der Waals surface area contributed by atoms with Gasteiger partial charge in [0.15, 0.2) is 0 Å². The summed E-state index contributed by atoms with van der Waals surface area (Å²) in [5.41, 5.74) is 1.20. The molecule has 0 radical (unpaired) electrons. The van der Waals surface area contributed by atoms with E-state index < -0.39 is 0 Å². The molecule has 3 rings (SSSR count). The number of nitrogens with one attached hydrogen (secondary N) is 1. The SMILES string of the molecule is COc1ccccc1N1CCC[C@H](N[C@@H](C)CCn2cncn2)C1. The van der Waals surface area contributed by atoms with Crippen LogP contribution in [0.2, 0.25) is 0 Å². The number of ether oxygens (including phenoxy) is 1. The molecule has 6 nitrogen and oxygen atoms in total. The largest absolute Gasteiger partial charge is 0.495 e. The van der Waals surface area contributed by atoms with Crippen LogP contribution in [0.4, 0.5) is 5.69 Å². The zero-order valence-electron chi connectivity index (χ0n) is 14.6. The lowest BCUT2D eigenvalue weighted by atomic mass is 10.0. The van der Waals surface area contributed by atoms with E-state index >= 15 is 0 Å². The number of benzene rings is 1. The van der Waals surface area contributed by atoms with Gasteiger partial charge in [-0.25, -0.2) is 4.98 Å². The fraction of sp³-hybridized carbons (Fsp3) is 0.556. The molecule has 2 aromatic rings. The lowest BCUT2D eigenvalue weighted by Crippen LogP contribution is -2.48. The van der Waals surface area contributed by atoms with Gasteiger partial charge in [-0.2, -0.15) is 5.10 Å². The molecular formula is C18H27N5O. The first kappa shape index (κ1) is 16.8. The lowest BCUT2D eigenvalue weighted by Gasteiger charge is -2.36. The summed E-state index contributed by atoms with van der Waals surface area (Å²) in [5.74, 6) is 0.956. The van der Waals surface area contributed by atoms with Crippen LogP contribution < -0.4 is 15.0 Å². The van der Waals surface area contributed by atoms with E-state index in [2.05, 4.69) is 39.4 Å². The van der Waals surface area contributed by atoms with E-state index in [4.69, 9.17) is 4.74 Å². The van der Waals surface area contributed by atoms with Crippen molar-refractivity contribution in [3.05, 3.63) is 36.9 Å². The van der Waals surface area contributed by atoms with Gasteiger partial charge in [-0.15, -0.1) is 0 Å². The highest BCUT2D eigenvalue weighted by Crippen LogP contribution is 2.29. The van der Waals surface area contributed by atoms with Crippen LogP contribution in [-0.2, 0) is 6.54 Å². The predicted octanol–water partition coefficient (Wildman–Crippen LogP) is 2.32. The number of methoxy groups -OCH3 is 1. The minimum atomic E-state index is 0.455. The Labute approximate surface area is 143 Å². The molecule has 6 heteroatoms. The molecule has 0 aliphatic carbocycles. The van der Waals surface area contributed by atoms with Gasteiger partial charge in [0, 0.05) is 31.7 Å². The van der Waals surface area contributed by atoms with Crippen molar-refractivity contribution < 1.29 is 4.74 Å². The fourth-order valence-corrected chi connectivity index (χ4v) is 3.38. The molecule has 2 heterocycles. The van der Waals surface area contributed by atoms with Crippen LogP contribution in [-0.4, -0.2) is 47.0 Å². The summed E-state index contributed by atoms with van der Waals surface area (Å²) in [5, 5.41) is 7.94. The van der Waals surface area contributed by atoms with Crippen molar-refractivity contribution in [1.82, 2.24) is 20.1 Å². The van der Waals surface area contributed by atoms with E-state index in [1.54, 1.807) is 19.8 Å². The third-order valence-corrected chi connectivity index (χ3v) is 4.63. The normalized spacial score (nSPS) is 19.2. The average Bonchev–Trinajstić information content (AvgIpc) is 3.14. The van der Waals surface area contributed by atoms with Gasteiger partial charge in [-0.3, -0.25) is 4.68 Å². The molecule has 0 spiro atoms. The molecule has 1 N–H and O–H groups in total. The van der Waals surface area contributed by atoms with Crippen molar-refractivity contribution in [2.75, 3.05) is 25.1 Å². The molecular weight excluding hydrogens is 302 g/mol. The Morgan fingerprint density at radius 1 is 1.38 bits per heavy atom. The van der Waals surface area contributed by atoms with E-state index in [1.165, 1.54) is 18.5 Å². The summed E-state index contributed by atoms with van der Waals surface area (Å²) in [6, 6.07) is 9.25. The number of nitrogens with zero attached hydrogens (tertiary/aromatic N) is 4. The van der Waals surface area contributed by atoms with Crippen molar-refractivity contribution >= 4 is 5.69 Å². The molecule has 2 atom stereocenters.